The number of alkyl halides is 2. The molecule has 104 valence electrons. The molecule has 2 N–H and O–H groups in total. The second-order valence-electron chi connectivity index (χ2n) is 4.03. The van der Waals surface area contributed by atoms with Gasteiger partial charge in [-0.1, -0.05) is 0 Å². The van der Waals surface area contributed by atoms with Gasteiger partial charge in [-0.15, -0.1) is 0 Å². The number of aliphatic hydroxyl groups is 1. The summed E-state index contributed by atoms with van der Waals surface area (Å²) < 4.78 is 24.6. The average molecular weight is 266 g/mol. The van der Waals surface area contributed by atoms with E-state index in [1.54, 1.807) is 0 Å². The highest BCUT2D eigenvalue weighted by Gasteiger charge is 2.36. The Hall–Kier alpha value is -1.44. The maximum atomic E-state index is 12.3. The van der Waals surface area contributed by atoms with Crippen LogP contribution in [0.2, 0.25) is 0 Å². The van der Waals surface area contributed by atoms with E-state index in [0.717, 1.165) is 9.80 Å². The molecule has 1 unspecified atom stereocenters. The minimum Gasteiger partial charge on any atom is -0.480 e. The SMILES string of the molecule is O=C(O)C1CCCN1C(=O)N(CCO)CC(F)F. The number of carbonyl (C=O) groups excluding carboxylic acids is 1. The first-order valence-electron chi connectivity index (χ1n) is 5.64. The summed E-state index contributed by atoms with van der Waals surface area (Å²) in [6.07, 6.45) is -1.86. The number of urea groups is 1. The number of likely N-dealkylation sites (tertiary alicyclic amines) is 1. The summed E-state index contributed by atoms with van der Waals surface area (Å²) in [6.45, 7) is -1.24. The molecule has 8 heteroatoms. The topological polar surface area (TPSA) is 81.1 Å². The van der Waals surface area contributed by atoms with Crippen LogP contribution in [0.3, 0.4) is 0 Å². The van der Waals surface area contributed by atoms with Gasteiger partial charge in [-0.2, -0.15) is 0 Å². The van der Waals surface area contributed by atoms with Crippen molar-refractivity contribution in [3.8, 4) is 0 Å². The molecule has 1 aliphatic rings. The molecule has 0 radical (unpaired) electrons. The Morgan fingerprint density at radius 2 is 2.11 bits per heavy atom. The number of halogens is 2. The van der Waals surface area contributed by atoms with Gasteiger partial charge in [-0.05, 0) is 12.8 Å². The van der Waals surface area contributed by atoms with Crippen LogP contribution >= 0.6 is 0 Å². The Bertz CT molecular complexity index is 314. The number of aliphatic carboxylic acids is 1. The average Bonchev–Trinajstić information content (AvgIpc) is 2.75. The van der Waals surface area contributed by atoms with Crippen LogP contribution in [-0.2, 0) is 4.79 Å². The van der Waals surface area contributed by atoms with Gasteiger partial charge < -0.3 is 20.0 Å². The van der Waals surface area contributed by atoms with E-state index in [4.69, 9.17) is 10.2 Å². The van der Waals surface area contributed by atoms with Crippen LogP contribution in [0.5, 0.6) is 0 Å². The molecule has 1 aliphatic heterocycles. The van der Waals surface area contributed by atoms with Crippen LogP contribution in [-0.4, -0.2) is 70.7 Å². The minimum atomic E-state index is -2.72. The lowest BCUT2D eigenvalue weighted by Crippen LogP contribution is -2.50. The number of aliphatic hydroxyl groups excluding tert-OH is 1. The van der Waals surface area contributed by atoms with E-state index in [1.165, 1.54) is 0 Å². The summed E-state index contributed by atoms with van der Waals surface area (Å²) in [4.78, 5) is 24.7. The van der Waals surface area contributed by atoms with Crippen molar-refractivity contribution in [3.05, 3.63) is 0 Å². The first-order chi connectivity index (χ1) is 8.47. The van der Waals surface area contributed by atoms with Crippen LogP contribution in [0.15, 0.2) is 0 Å². The molecule has 0 aromatic rings. The van der Waals surface area contributed by atoms with E-state index >= 15 is 0 Å². The van der Waals surface area contributed by atoms with Gasteiger partial charge in [0.25, 0.3) is 6.43 Å². The number of carbonyl (C=O) groups is 2. The molecule has 1 fully saturated rings. The number of hydrogen-bond acceptors (Lipinski definition) is 3. The van der Waals surface area contributed by atoms with Crippen molar-refractivity contribution in [1.29, 1.82) is 0 Å². The van der Waals surface area contributed by atoms with E-state index in [2.05, 4.69) is 0 Å². The molecule has 0 aromatic heterocycles. The molecule has 1 rings (SSSR count). The van der Waals surface area contributed by atoms with E-state index < -0.39 is 37.6 Å². The lowest BCUT2D eigenvalue weighted by molar-refractivity contribution is -0.141. The third-order valence-corrected chi connectivity index (χ3v) is 2.78. The van der Waals surface area contributed by atoms with Gasteiger partial charge >= 0.3 is 12.0 Å². The Morgan fingerprint density at radius 3 is 2.61 bits per heavy atom. The highest BCUT2D eigenvalue weighted by atomic mass is 19.3. The van der Waals surface area contributed by atoms with E-state index in [-0.39, 0.29) is 13.1 Å². The van der Waals surface area contributed by atoms with Crippen molar-refractivity contribution in [2.24, 2.45) is 0 Å². The van der Waals surface area contributed by atoms with Crippen molar-refractivity contribution in [3.63, 3.8) is 0 Å². The van der Waals surface area contributed by atoms with Crippen molar-refractivity contribution >= 4 is 12.0 Å². The van der Waals surface area contributed by atoms with Crippen LogP contribution in [0.1, 0.15) is 12.8 Å². The minimum absolute atomic E-state index is 0.230. The van der Waals surface area contributed by atoms with Crippen LogP contribution < -0.4 is 0 Å². The molecule has 0 spiro atoms. The third-order valence-electron chi connectivity index (χ3n) is 2.78. The van der Waals surface area contributed by atoms with E-state index in [9.17, 15) is 18.4 Å². The molecule has 0 aliphatic carbocycles. The fourth-order valence-electron chi connectivity index (χ4n) is 1.99. The van der Waals surface area contributed by atoms with Gasteiger partial charge in [0.05, 0.1) is 13.2 Å². The van der Waals surface area contributed by atoms with Crippen LogP contribution in [0, 0.1) is 0 Å². The van der Waals surface area contributed by atoms with Gasteiger partial charge in [-0.3, -0.25) is 0 Å². The van der Waals surface area contributed by atoms with Crippen molar-refractivity contribution in [1.82, 2.24) is 9.80 Å². The maximum Gasteiger partial charge on any atom is 0.326 e. The predicted octanol–water partition coefficient (Wildman–Crippen LogP) is 0.215. The molecular formula is C10H16F2N2O4. The molecule has 1 atom stereocenters. The number of carboxylic acid groups (broad SMARTS) is 1. The number of rotatable bonds is 5. The Labute approximate surface area is 103 Å². The second kappa shape index (κ2) is 6.48. The first-order valence-corrected chi connectivity index (χ1v) is 5.64. The highest BCUT2D eigenvalue weighted by molar-refractivity contribution is 5.83. The summed E-state index contributed by atoms with van der Waals surface area (Å²) in [5.41, 5.74) is 0. The highest BCUT2D eigenvalue weighted by Crippen LogP contribution is 2.19. The number of nitrogens with zero attached hydrogens (tertiary/aromatic N) is 2. The fourth-order valence-corrected chi connectivity index (χ4v) is 1.99. The molecule has 2 amide bonds. The van der Waals surface area contributed by atoms with Gasteiger partial charge in [-0.25, -0.2) is 18.4 Å². The molecule has 0 saturated carbocycles. The zero-order valence-corrected chi connectivity index (χ0v) is 9.76. The Balaban J connectivity index is 2.72. The van der Waals surface area contributed by atoms with Gasteiger partial charge in [0.1, 0.15) is 6.04 Å². The lowest BCUT2D eigenvalue weighted by Gasteiger charge is -2.29. The monoisotopic (exact) mass is 266 g/mol. The van der Waals surface area contributed by atoms with Crippen LogP contribution in [0.4, 0.5) is 13.6 Å². The Morgan fingerprint density at radius 1 is 1.44 bits per heavy atom. The van der Waals surface area contributed by atoms with E-state index in [1.807, 2.05) is 0 Å². The lowest BCUT2D eigenvalue weighted by atomic mass is 10.2. The molecule has 18 heavy (non-hydrogen) atoms. The van der Waals surface area contributed by atoms with Gasteiger partial charge in [0.15, 0.2) is 0 Å². The maximum absolute atomic E-state index is 12.3. The molecular weight excluding hydrogens is 250 g/mol. The number of carboxylic acids is 1. The summed E-state index contributed by atoms with van der Waals surface area (Å²) in [7, 11) is 0. The number of hydrogen-bond donors (Lipinski definition) is 2. The van der Waals surface area contributed by atoms with Gasteiger partial charge in [0.2, 0.25) is 0 Å². The fraction of sp³-hybridized carbons (Fsp3) is 0.800. The quantitative estimate of drug-likeness (QED) is 0.745. The van der Waals surface area contributed by atoms with Crippen molar-refractivity contribution in [2.75, 3.05) is 26.2 Å². The van der Waals surface area contributed by atoms with Gasteiger partial charge in [0, 0.05) is 13.1 Å². The summed E-state index contributed by atoms with van der Waals surface area (Å²) >= 11 is 0. The zero-order chi connectivity index (χ0) is 13.7. The van der Waals surface area contributed by atoms with Crippen molar-refractivity contribution < 1.29 is 28.6 Å². The molecule has 0 bridgehead atoms. The van der Waals surface area contributed by atoms with Crippen molar-refractivity contribution in [2.45, 2.75) is 25.3 Å². The predicted molar refractivity (Wildman–Crippen MR) is 57.4 cm³/mol. The molecule has 1 heterocycles. The smallest absolute Gasteiger partial charge is 0.326 e. The second-order valence-corrected chi connectivity index (χ2v) is 4.03. The third kappa shape index (κ3) is 3.52. The summed E-state index contributed by atoms with van der Waals surface area (Å²) in [6, 6.07) is -1.72. The molecule has 6 nitrogen and oxygen atoms in total. The van der Waals surface area contributed by atoms with Crippen LogP contribution in [0.25, 0.3) is 0 Å². The normalized spacial score (nSPS) is 19.3. The van der Waals surface area contributed by atoms with E-state index in [0.29, 0.717) is 12.8 Å². The Kier molecular flexibility index (Phi) is 5.26. The number of amides is 2. The largest absolute Gasteiger partial charge is 0.480 e. The molecule has 0 aromatic carbocycles. The molecule has 1 saturated heterocycles. The standard InChI is InChI=1S/C10H16F2N2O4/c11-8(12)6-13(4-5-15)10(18)14-3-1-2-7(14)9(16)17/h7-8,15H,1-6H2,(H,16,17). The zero-order valence-electron chi connectivity index (χ0n) is 9.76. The summed E-state index contributed by atoms with van der Waals surface area (Å²) in [5.74, 6) is -1.14. The first kappa shape index (κ1) is 14.6. The summed E-state index contributed by atoms with van der Waals surface area (Å²) in [5, 5.41) is 17.7.